The molecule has 2 unspecified atom stereocenters. The fourth-order valence-corrected chi connectivity index (χ4v) is 2.84. The third kappa shape index (κ3) is 3.15. The predicted molar refractivity (Wildman–Crippen MR) is 73.0 cm³/mol. The SMILES string of the molecule is CC1CCCN(C(=O)Cc2ccc(F)c(F)c2)C1CN. The average molecular weight is 282 g/mol. The lowest BCUT2D eigenvalue weighted by Crippen LogP contribution is -2.51. The molecule has 1 heterocycles. The first-order valence-electron chi connectivity index (χ1n) is 6.96. The van der Waals surface area contributed by atoms with Gasteiger partial charge >= 0.3 is 0 Å². The highest BCUT2D eigenvalue weighted by Gasteiger charge is 2.30. The molecule has 1 amide bonds. The number of nitrogens with zero attached hydrogens (tertiary/aromatic N) is 1. The van der Waals surface area contributed by atoms with Gasteiger partial charge in [0, 0.05) is 19.1 Å². The van der Waals surface area contributed by atoms with E-state index >= 15 is 0 Å². The number of halogens is 2. The molecule has 0 radical (unpaired) electrons. The molecule has 1 saturated heterocycles. The molecule has 1 fully saturated rings. The fourth-order valence-electron chi connectivity index (χ4n) is 2.84. The zero-order valence-electron chi connectivity index (χ0n) is 11.6. The summed E-state index contributed by atoms with van der Waals surface area (Å²) in [6, 6.07) is 3.62. The van der Waals surface area contributed by atoms with Crippen molar-refractivity contribution >= 4 is 5.91 Å². The summed E-state index contributed by atoms with van der Waals surface area (Å²) in [7, 11) is 0. The number of likely N-dealkylation sites (tertiary alicyclic amines) is 1. The summed E-state index contributed by atoms with van der Waals surface area (Å²) in [5.74, 6) is -1.51. The maximum atomic E-state index is 13.2. The van der Waals surface area contributed by atoms with E-state index in [1.807, 2.05) is 0 Å². The van der Waals surface area contributed by atoms with Gasteiger partial charge in [0.1, 0.15) is 0 Å². The summed E-state index contributed by atoms with van der Waals surface area (Å²) in [5, 5.41) is 0. The van der Waals surface area contributed by atoms with Crippen molar-refractivity contribution < 1.29 is 13.6 Å². The largest absolute Gasteiger partial charge is 0.338 e. The molecular formula is C15H20F2N2O. The number of carbonyl (C=O) groups excluding carboxylic acids is 1. The van der Waals surface area contributed by atoms with Crippen molar-refractivity contribution in [1.82, 2.24) is 4.90 Å². The van der Waals surface area contributed by atoms with Crippen molar-refractivity contribution in [2.45, 2.75) is 32.2 Å². The van der Waals surface area contributed by atoms with Gasteiger partial charge in [0.2, 0.25) is 5.91 Å². The number of carbonyl (C=O) groups is 1. The summed E-state index contributed by atoms with van der Waals surface area (Å²) in [6.45, 7) is 3.22. The van der Waals surface area contributed by atoms with E-state index in [0.717, 1.165) is 25.0 Å². The van der Waals surface area contributed by atoms with Crippen molar-refractivity contribution in [2.24, 2.45) is 11.7 Å². The van der Waals surface area contributed by atoms with Gasteiger partial charge in [-0.15, -0.1) is 0 Å². The molecule has 2 N–H and O–H groups in total. The quantitative estimate of drug-likeness (QED) is 0.922. The van der Waals surface area contributed by atoms with Crippen LogP contribution in [-0.4, -0.2) is 29.9 Å². The van der Waals surface area contributed by atoms with Crippen LogP contribution < -0.4 is 5.73 Å². The normalized spacial score (nSPS) is 22.9. The van der Waals surface area contributed by atoms with Gasteiger partial charge in [0.05, 0.1) is 6.42 Å². The summed E-state index contributed by atoms with van der Waals surface area (Å²) >= 11 is 0. The third-order valence-corrected chi connectivity index (χ3v) is 4.02. The molecule has 0 saturated carbocycles. The molecule has 1 aliphatic heterocycles. The Morgan fingerprint density at radius 1 is 1.40 bits per heavy atom. The zero-order chi connectivity index (χ0) is 14.7. The van der Waals surface area contributed by atoms with Crippen molar-refractivity contribution in [3.05, 3.63) is 35.4 Å². The van der Waals surface area contributed by atoms with Crippen molar-refractivity contribution in [2.75, 3.05) is 13.1 Å². The molecule has 1 aromatic carbocycles. The Kier molecular flexibility index (Phi) is 4.70. The first-order valence-corrected chi connectivity index (χ1v) is 6.96. The van der Waals surface area contributed by atoms with Crippen molar-refractivity contribution in [3.63, 3.8) is 0 Å². The summed E-state index contributed by atoms with van der Waals surface area (Å²) in [5.41, 5.74) is 6.24. The van der Waals surface area contributed by atoms with Gasteiger partial charge in [0.25, 0.3) is 0 Å². The van der Waals surface area contributed by atoms with Crippen LogP contribution in [0, 0.1) is 17.6 Å². The second kappa shape index (κ2) is 6.31. The molecule has 110 valence electrons. The number of hydrogen-bond acceptors (Lipinski definition) is 2. The van der Waals surface area contributed by atoms with E-state index in [4.69, 9.17) is 5.73 Å². The molecule has 0 spiro atoms. The maximum Gasteiger partial charge on any atom is 0.227 e. The van der Waals surface area contributed by atoms with Crippen LogP contribution in [0.25, 0.3) is 0 Å². The Hall–Kier alpha value is -1.49. The van der Waals surface area contributed by atoms with E-state index in [-0.39, 0.29) is 18.4 Å². The van der Waals surface area contributed by atoms with E-state index in [1.165, 1.54) is 6.07 Å². The maximum absolute atomic E-state index is 13.2. The van der Waals surface area contributed by atoms with Gasteiger partial charge in [-0.3, -0.25) is 4.79 Å². The highest BCUT2D eigenvalue weighted by atomic mass is 19.2. The van der Waals surface area contributed by atoms with Crippen LogP contribution in [0.3, 0.4) is 0 Å². The van der Waals surface area contributed by atoms with E-state index < -0.39 is 11.6 Å². The van der Waals surface area contributed by atoms with Crippen LogP contribution in [-0.2, 0) is 11.2 Å². The molecular weight excluding hydrogens is 262 g/mol. The molecule has 0 aliphatic carbocycles. The number of benzene rings is 1. The van der Waals surface area contributed by atoms with Crippen molar-refractivity contribution in [1.29, 1.82) is 0 Å². The Labute approximate surface area is 117 Å². The number of piperidine rings is 1. The lowest BCUT2D eigenvalue weighted by molar-refractivity contribution is -0.135. The number of hydrogen-bond donors (Lipinski definition) is 1. The van der Waals surface area contributed by atoms with Gasteiger partial charge in [0.15, 0.2) is 11.6 Å². The zero-order valence-corrected chi connectivity index (χ0v) is 11.6. The first kappa shape index (κ1) is 14.9. The molecule has 5 heteroatoms. The fraction of sp³-hybridized carbons (Fsp3) is 0.533. The summed E-state index contributed by atoms with van der Waals surface area (Å²) < 4.78 is 26.0. The summed E-state index contributed by atoms with van der Waals surface area (Å²) in [6.07, 6.45) is 2.11. The standard InChI is InChI=1S/C15H20F2N2O/c1-10-3-2-6-19(14(10)9-18)15(20)8-11-4-5-12(16)13(17)7-11/h4-5,7,10,14H,2-3,6,8-9,18H2,1H3. The van der Waals surface area contributed by atoms with Gasteiger partial charge < -0.3 is 10.6 Å². The highest BCUT2D eigenvalue weighted by molar-refractivity contribution is 5.79. The van der Waals surface area contributed by atoms with E-state index in [9.17, 15) is 13.6 Å². The first-order chi connectivity index (χ1) is 9.52. The number of nitrogens with two attached hydrogens (primary N) is 1. The third-order valence-electron chi connectivity index (χ3n) is 4.02. The summed E-state index contributed by atoms with van der Waals surface area (Å²) in [4.78, 5) is 14.1. The molecule has 2 rings (SSSR count). The molecule has 20 heavy (non-hydrogen) atoms. The van der Waals surface area contributed by atoms with E-state index in [0.29, 0.717) is 24.6 Å². The molecule has 3 nitrogen and oxygen atoms in total. The Morgan fingerprint density at radius 2 is 2.15 bits per heavy atom. The Bertz CT molecular complexity index is 493. The lowest BCUT2D eigenvalue weighted by Gasteiger charge is -2.39. The predicted octanol–water partition coefficient (Wildman–Crippen LogP) is 2.09. The monoisotopic (exact) mass is 282 g/mol. The van der Waals surface area contributed by atoms with Gasteiger partial charge in [-0.2, -0.15) is 0 Å². The molecule has 0 aromatic heterocycles. The van der Waals surface area contributed by atoms with E-state index in [1.54, 1.807) is 4.90 Å². The van der Waals surface area contributed by atoms with Crippen LogP contribution in [0.15, 0.2) is 18.2 Å². The van der Waals surface area contributed by atoms with Crippen LogP contribution in [0.5, 0.6) is 0 Å². The second-order valence-electron chi connectivity index (χ2n) is 5.43. The van der Waals surface area contributed by atoms with Crippen LogP contribution in [0.4, 0.5) is 8.78 Å². The highest BCUT2D eigenvalue weighted by Crippen LogP contribution is 2.23. The Morgan fingerprint density at radius 3 is 2.80 bits per heavy atom. The minimum atomic E-state index is -0.919. The second-order valence-corrected chi connectivity index (χ2v) is 5.43. The van der Waals surface area contributed by atoms with Crippen LogP contribution in [0.1, 0.15) is 25.3 Å². The average Bonchev–Trinajstić information content (AvgIpc) is 2.42. The van der Waals surface area contributed by atoms with Crippen molar-refractivity contribution in [3.8, 4) is 0 Å². The smallest absolute Gasteiger partial charge is 0.227 e. The lowest BCUT2D eigenvalue weighted by atomic mass is 9.90. The topological polar surface area (TPSA) is 46.3 Å². The minimum Gasteiger partial charge on any atom is -0.338 e. The number of amides is 1. The van der Waals surface area contributed by atoms with Crippen LogP contribution >= 0.6 is 0 Å². The number of rotatable bonds is 3. The van der Waals surface area contributed by atoms with Gasteiger partial charge in [-0.25, -0.2) is 8.78 Å². The van der Waals surface area contributed by atoms with Gasteiger partial charge in [-0.05, 0) is 36.5 Å². The molecule has 0 bridgehead atoms. The molecule has 2 atom stereocenters. The molecule has 1 aromatic rings. The van der Waals surface area contributed by atoms with E-state index in [2.05, 4.69) is 6.92 Å². The minimum absolute atomic E-state index is 0.0431. The van der Waals surface area contributed by atoms with Crippen LogP contribution in [0.2, 0.25) is 0 Å². The van der Waals surface area contributed by atoms with Gasteiger partial charge in [-0.1, -0.05) is 13.0 Å². The Balaban J connectivity index is 2.08. The molecule has 1 aliphatic rings.